The molecule has 24 heavy (non-hydrogen) atoms. The van der Waals surface area contributed by atoms with Gasteiger partial charge < -0.3 is 10.2 Å². The maximum atomic E-state index is 10.3. The molecule has 3 aromatic rings. The normalized spacial score (nSPS) is 10.8. The molecule has 2 N–H and O–H groups in total. The minimum absolute atomic E-state index is 0.264. The first-order valence-electron chi connectivity index (χ1n) is 7.89. The van der Waals surface area contributed by atoms with E-state index in [0.29, 0.717) is 0 Å². The Kier molecular flexibility index (Phi) is 4.34. The minimum Gasteiger partial charge on any atom is -0.507 e. The van der Waals surface area contributed by atoms with Crippen LogP contribution in [-0.4, -0.2) is 10.2 Å². The molecule has 0 aliphatic rings. The summed E-state index contributed by atoms with van der Waals surface area (Å²) in [7, 11) is 2.81. The van der Waals surface area contributed by atoms with Gasteiger partial charge in [-0.1, -0.05) is 36.4 Å². The lowest BCUT2D eigenvalue weighted by molar-refractivity contribution is 0.477. The van der Waals surface area contributed by atoms with E-state index in [9.17, 15) is 10.2 Å². The van der Waals surface area contributed by atoms with E-state index in [-0.39, 0.29) is 11.5 Å². The van der Waals surface area contributed by atoms with Gasteiger partial charge in [0, 0.05) is 11.1 Å². The zero-order chi connectivity index (χ0) is 17.4. The van der Waals surface area contributed by atoms with E-state index in [1.54, 1.807) is 12.1 Å². The van der Waals surface area contributed by atoms with Gasteiger partial charge in [0.1, 0.15) is 11.5 Å². The highest BCUT2D eigenvalue weighted by Gasteiger charge is 2.20. The molecule has 0 aromatic heterocycles. The number of hydrogen-bond acceptors (Lipinski definition) is 2. The second kappa shape index (κ2) is 6.30. The number of phenolic OH excluding ortho intramolecular Hbond substituents is 2. The zero-order valence-corrected chi connectivity index (χ0v) is 15.2. The van der Waals surface area contributed by atoms with Gasteiger partial charge in [0.05, 0.1) is 0 Å². The third kappa shape index (κ3) is 2.57. The van der Waals surface area contributed by atoms with E-state index in [1.165, 1.54) is 0 Å². The van der Waals surface area contributed by atoms with Gasteiger partial charge in [-0.2, -0.15) is 0 Å². The smallest absolute Gasteiger partial charge is 0.123 e. The van der Waals surface area contributed by atoms with E-state index in [1.807, 2.05) is 43.3 Å². The van der Waals surface area contributed by atoms with Crippen molar-refractivity contribution in [3.63, 3.8) is 0 Å². The lowest BCUT2D eigenvalue weighted by Crippen LogP contribution is -2.09. The van der Waals surface area contributed by atoms with Gasteiger partial charge in [0.2, 0.25) is 0 Å². The van der Waals surface area contributed by atoms with E-state index in [2.05, 4.69) is 23.1 Å². The summed E-state index contributed by atoms with van der Waals surface area (Å²) < 4.78 is 0. The van der Waals surface area contributed by atoms with Crippen LogP contribution in [0.2, 0.25) is 0 Å². The maximum absolute atomic E-state index is 10.3. The van der Waals surface area contributed by atoms with E-state index >= 15 is 0 Å². The van der Waals surface area contributed by atoms with Gasteiger partial charge in [0.15, 0.2) is 0 Å². The molecule has 0 bridgehead atoms. The number of phenols is 2. The summed E-state index contributed by atoms with van der Waals surface area (Å²) in [4.78, 5) is 0. The van der Waals surface area contributed by atoms with Crippen LogP contribution in [0.3, 0.4) is 0 Å². The molecule has 3 rings (SSSR count). The molecule has 2 nitrogen and oxygen atoms in total. The van der Waals surface area contributed by atoms with Crippen molar-refractivity contribution >= 4 is 14.5 Å². The fraction of sp³-hybridized carbons (Fsp3) is 0.143. The van der Waals surface area contributed by atoms with Crippen LogP contribution in [0.4, 0.5) is 0 Å². The van der Waals surface area contributed by atoms with E-state index in [0.717, 1.165) is 44.2 Å². The van der Waals surface area contributed by atoms with Crippen LogP contribution in [0.25, 0.3) is 22.3 Å². The van der Waals surface area contributed by atoms with Crippen LogP contribution < -0.4 is 5.30 Å². The SMILES string of the molecule is Cc1c(P)c(C)c(-c2ccccc2O)c(C)c1-c1ccccc1O. The number of rotatable bonds is 2. The Morgan fingerprint density at radius 1 is 0.625 bits per heavy atom. The third-order valence-electron chi connectivity index (χ3n) is 4.65. The van der Waals surface area contributed by atoms with Crippen molar-refractivity contribution in [3.8, 4) is 33.8 Å². The summed E-state index contributed by atoms with van der Waals surface area (Å²) in [5.74, 6) is 0.528. The number of para-hydroxylation sites is 2. The molecule has 1 unspecified atom stereocenters. The number of aromatic hydroxyl groups is 2. The van der Waals surface area contributed by atoms with Crippen molar-refractivity contribution < 1.29 is 10.2 Å². The fourth-order valence-corrected chi connectivity index (χ4v) is 3.70. The van der Waals surface area contributed by atoms with Gasteiger partial charge in [0.25, 0.3) is 0 Å². The molecule has 0 aliphatic heterocycles. The summed E-state index contributed by atoms with van der Waals surface area (Å²) in [5, 5.41) is 21.8. The number of hydrogen-bond donors (Lipinski definition) is 2. The first-order valence-corrected chi connectivity index (χ1v) is 8.47. The maximum Gasteiger partial charge on any atom is 0.123 e. The molecule has 122 valence electrons. The third-order valence-corrected chi connectivity index (χ3v) is 5.52. The lowest BCUT2D eigenvalue weighted by atomic mass is 9.85. The average Bonchev–Trinajstić information content (AvgIpc) is 2.56. The molecule has 3 heteroatoms. The van der Waals surface area contributed by atoms with Gasteiger partial charge in [-0.15, -0.1) is 9.24 Å². The van der Waals surface area contributed by atoms with Crippen molar-refractivity contribution in [2.24, 2.45) is 0 Å². The predicted molar refractivity (Wildman–Crippen MR) is 104 cm³/mol. The van der Waals surface area contributed by atoms with E-state index < -0.39 is 0 Å². The molecule has 1 atom stereocenters. The highest BCUT2D eigenvalue weighted by atomic mass is 31.0. The Balaban J connectivity index is 2.42. The molecule has 0 radical (unpaired) electrons. The standard InChI is InChI=1S/C21H21O2P/c1-12-19(15-8-4-6-10-17(15)22)13(2)21(24)14(3)20(12)16-9-5-7-11-18(16)23/h4-11,22-23H,24H2,1-3H3. The van der Waals surface area contributed by atoms with Gasteiger partial charge in [-0.05, 0) is 66.0 Å². The topological polar surface area (TPSA) is 40.5 Å². The minimum atomic E-state index is 0.264. The highest BCUT2D eigenvalue weighted by Crippen LogP contribution is 2.41. The quantitative estimate of drug-likeness (QED) is 0.656. The molecule has 0 spiro atoms. The van der Waals surface area contributed by atoms with Gasteiger partial charge in [-0.25, -0.2) is 0 Å². The van der Waals surface area contributed by atoms with Crippen molar-refractivity contribution in [1.29, 1.82) is 0 Å². The summed E-state index contributed by atoms with van der Waals surface area (Å²) >= 11 is 0. The Labute approximate surface area is 145 Å². The molecular formula is C21H21O2P. The average molecular weight is 336 g/mol. The predicted octanol–water partition coefficient (Wildman–Crippen LogP) is 4.86. The Hall–Kier alpha value is -2.31. The van der Waals surface area contributed by atoms with Crippen LogP contribution in [0.1, 0.15) is 16.7 Å². The Morgan fingerprint density at radius 3 is 1.38 bits per heavy atom. The first-order chi connectivity index (χ1) is 11.4. The fourth-order valence-electron chi connectivity index (χ4n) is 3.42. The van der Waals surface area contributed by atoms with Gasteiger partial charge >= 0.3 is 0 Å². The largest absolute Gasteiger partial charge is 0.507 e. The van der Waals surface area contributed by atoms with Crippen LogP contribution in [0.15, 0.2) is 48.5 Å². The highest BCUT2D eigenvalue weighted by molar-refractivity contribution is 7.27. The van der Waals surface area contributed by atoms with Crippen molar-refractivity contribution in [2.45, 2.75) is 20.8 Å². The van der Waals surface area contributed by atoms with Crippen LogP contribution in [0, 0.1) is 20.8 Å². The number of benzene rings is 3. The molecule has 0 saturated heterocycles. The zero-order valence-electron chi connectivity index (χ0n) is 14.1. The molecule has 0 amide bonds. The monoisotopic (exact) mass is 336 g/mol. The molecule has 3 aromatic carbocycles. The van der Waals surface area contributed by atoms with E-state index in [4.69, 9.17) is 0 Å². The van der Waals surface area contributed by atoms with Crippen LogP contribution in [-0.2, 0) is 0 Å². The van der Waals surface area contributed by atoms with Crippen LogP contribution >= 0.6 is 9.24 Å². The molecule has 0 fully saturated rings. The van der Waals surface area contributed by atoms with Crippen molar-refractivity contribution in [2.75, 3.05) is 0 Å². The van der Waals surface area contributed by atoms with Gasteiger partial charge in [-0.3, -0.25) is 0 Å². The second-order valence-corrected chi connectivity index (χ2v) is 6.65. The molecule has 0 saturated carbocycles. The van der Waals surface area contributed by atoms with Crippen molar-refractivity contribution in [1.82, 2.24) is 0 Å². The second-order valence-electron chi connectivity index (χ2n) is 6.07. The van der Waals surface area contributed by atoms with Crippen molar-refractivity contribution in [3.05, 3.63) is 65.2 Å². The summed E-state index contributed by atoms with van der Waals surface area (Å²) in [5.41, 5.74) is 6.95. The summed E-state index contributed by atoms with van der Waals surface area (Å²) in [6.45, 7) is 6.19. The lowest BCUT2D eigenvalue weighted by Gasteiger charge is -2.22. The molecule has 0 aliphatic carbocycles. The summed E-state index contributed by atoms with van der Waals surface area (Å²) in [6.07, 6.45) is 0. The Bertz CT molecular complexity index is 857. The first kappa shape index (κ1) is 16.5. The Morgan fingerprint density at radius 2 is 1.00 bits per heavy atom. The molecule has 0 heterocycles. The van der Waals surface area contributed by atoms with Crippen LogP contribution in [0.5, 0.6) is 11.5 Å². The molecular weight excluding hydrogens is 315 g/mol. The summed E-state index contributed by atoms with van der Waals surface area (Å²) in [6, 6.07) is 14.8.